The number of carbonyl (C=O) groups is 2. The Bertz CT molecular complexity index is 971. The first-order chi connectivity index (χ1) is 15.5. The highest BCUT2D eigenvalue weighted by Crippen LogP contribution is 2.51. The van der Waals surface area contributed by atoms with Gasteiger partial charge in [0.25, 0.3) is 5.91 Å². The van der Waals surface area contributed by atoms with Gasteiger partial charge in [-0.15, -0.1) is 0 Å². The quantitative estimate of drug-likeness (QED) is 0.464. The largest absolute Gasteiger partial charge is 0.368 e. The zero-order valence-corrected chi connectivity index (χ0v) is 21.0. The number of nitrogens with two attached hydrogens (primary N) is 1. The molecular weight excluding hydrogens is 439 g/mol. The van der Waals surface area contributed by atoms with Gasteiger partial charge >= 0.3 is 7.60 Å². The van der Waals surface area contributed by atoms with Crippen LogP contribution < -0.4 is 11.1 Å². The van der Waals surface area contributed by atoms with Crippen LogP contribution in [0.4, 0.5) is 0 Å². The summed E-state index contributed by atoms with van der Waals surface area (Å²) in [5, 5.41) is 2.72. The van der Waals surface area contributed by atoms with Crippen molar-refractivity contribution in [2.75, 3.05) is 13.2 Å². The number of carbonyl (C=O) groups excluding carboxylic acids is 2. The minimum atomic E-state index is -3.23. The Kier molecular flexibility index (Phi) is 9.41. The zero-order chi connectivity index (χ0) is 24.6. The maximum atomic E-state index is 12.7. The Hall–Kier alpha value is -2.47. The van der Waals surface area contributed by atoms with E-state index >= 15 is 0 Å². The van der Waals surface area contributed by atoms with Crippen molar-refractivity contribution in [1.29, 1.82) is 0 Å². The number of hydrogen-bond donors (Lipinski definition) is 2. The van der Waals surface area contributed by atoms with E-state index < -0.39 is 25.5 Å². The van der Waals surface area contributed by atoms with Crippen LogP contribution in [0.3, 0.4) is 0 Å². The molecule has 0 aliphatic heterocycles. The van der Waals surface area contributed by atoms with Crippen molar-refractivity contribution in [1.82, 2.24) is 5.32 Å². The lowest BCUT2D eigenvalue weighted by atomic mass is 9.86. The van der Waals surface area contributed by atoms with Crippen molar-refractivity contribution in [3.63, 3.8) is 0 Å². The monoisotopic (exact) mass is 474 g/mol. The predicted molar refractivity (Wildman–Crippen MR) is 130 cm³/mol. The highest BCUT2D eigenvalue weighted by Gasteiger charge is 2.24. The molecule has 0 spiro atoms. The van der Waals surface area contributed by atoms with Crippen LogP contribution >= 0.6 is 7.60 Å². The van der Waals surface area contributed by atoms with Gasteiger partial charge in [0, 0.05) is 12.0 Å². The molecule has 0 aliphatic carbocycles. The zero-order valence-electron chi connectivity index (χ0n) is 20.1. The number of hydrogen-bond acceptors (Lipinski definition) is 5. The molecule has 2 amide bonds. The van der Waals surface area contributed by atoms with Crippen LogP contribution in [0.1, 0.15) is 61.7 Å². The maximum Gasteiger partial charge on any atom is 0.335 e. The van der Waals surface area contributed by atoms with Gasteiger partial charge < -0.3 is 20.1 Å². The molecule has 2 aromatic carbocycles. The lowest BCUT2D eigenvalue weighted by Crippen LogP contribution is -2.45. The van der Waals surface area contributed by atoms with Crippen LogP contribution in [-0.2, 0) is 36.4 Å². The first-order valence-electron chi connectivity index (χ1n) is 11.1. The fraction of sp³-hybridized carbons (Fsp3) is 0.440. The lowest BCUT2D eigenvalue weighted by molar-refractivity contribution is -0.119. The molecule has 0 saturated heterocycles. The molecule has 180 valence electrons. The van der Waals surface area contributed by atoms with E-state index in [9.17, 15) is 14.2 Å². The van der Waals surface area contributed by atoms with E-state index in [0.717, 1.165) is 11.1 Å². The van der Waals surface area contributed by atoms with Gasteiger partial charge in [-0.2, -0.15) is 0 Å². The van der Waals surface area contributed by atoms with E-state index in [4.69, 9.17) is 14.8 Å². The van der Waals surface area contributed by atoms with Crippen LogP contribution in [0.15, 0.2) is 48.5 Å². The van der Waals surface area contributed by atoms with Gasteiger partial charge in [0.1, 0.15) is 6.04 Å². The topological polar surface area (TPSA) is 108 Å². The first-order valence-corrected chi connectivity index (χ1v) is 12.9. The molecule has 0 fully saturated rings. The summed E-state index contributed by atoms with van der Waals surface area (Å²) >= 11 is 0. The third-order valence-corrected chi connectivity index (χ3v) is 7.21. The number of benzene rings is 2. The minimum absolute atomic E-state index is 0.0288. The van der Waals surface area contributed by atoms with E-state index in [1.165, 1.54) is 5.56 Å². The Balaban J connectivity index is 2.06. The third kappa shape index (κ3) is 8.11. The highest BCUT2D eigenvalue weighted by atomic mass is 31.2. The molecule has 8 heteroatoms. The maximum absolute atomic E-state index is 12.7. The Labute approximate surface area is 196 Å². The standard InChI is InChI=1S/C25H35N2O5P/c1-6-31-33(30,32-7-2)17-19-8-12-20(13-9-19)24(29)27-22(23(26)28)16-18-10-14-21(15-11-18)25(3,4)5/h8-15,22H,6-7,16-17H2,1-5H3,(H2,26,28)(H,27,29)/t22-/m1/s1. The SMILES string of the molecule is CCOP(=O)(Cc1ccc(C(=O)N[C@H](Cc2ccc(C(C)(C)C)cc2)C(N)=O)cc1)OCC. The second-order valence-electron chi connectivity index (χ2n) is 8.88. The average molecular weight is 475 g/mol. The predicted octanol–water partition coefficient (Wildman–Crippen LogP) is 4.58. The summed E-state index contributed by atoms with van der Waals surface area (Å²) in [6.07, 6.45) is 0.417. The second kappa shape index (κ2) is 11.6. The fourth-order valence-electron chi connectivity index (χ4n) is 3.35. The molecular formula is C25H35N2O5P. The van der Waals surface area contributed by atoms with E-state index in [0.29, 0.717) is 12.0 Å². The molecule has 33 heavy (non-hydrogen) atoms. The molecule has 0 aromatic heterocycles. The summed E-state index contributed by atoms with van der Waals surface area (Å²) < 4.78 is 23.3. The van der Waals surface area contributed by atoms with Gasteiger partial charge in [0.15, 0.2) is 0 Å². The second-order valence-corrected chi connectivity index (χ2v) is 10.9. The van der Waals surface area contributed by atoms with Crippen LogP contribution in [0.25, 0.3) is 0 Å². The molecule has 3 N–H and O–H groups in total. The van der Waals surface area contributed by atoms with Crippen molar-refractivity contribution in [3.05, 3.63) is 70.8 Å². The van der Waals surface area contributed by atoms with Gasteiger partial charge in [-0.05, 0) is 48.1 Å². The van der Waals surface area contributed by atoms with Gasteiger partial charge in [0.05, 0.1) is 19.4 Å². The van der Waals surface area contributed by atoms with Crippen molar-refractivity contribution in [3.8, 4) is 0 Å². The summed E-state index contributed by atoms with van der Waals surface area (Å²) in [5.41, 5.74) is 8.76. The Morgan fingerprint density at radius 1 is 0.939 bits per heavy atom. The highest BCUT2D eigenvalue weighted by molar-refractivity contribution is 7.53. The smallest absolute Gasteiger partial charge is 0.335 e. The van der Waals surface area contributed by atoms with Crippen LogP contribution in [0.5, 0.6) is 0 Å². The van der Waals surface area contributed by atoms with Crippen LogP contribution in [-0.4, -0.2) is 31.1 Å². The van der Waals surface area contributed by atoms with Gasteiger partial charge in [0.2, 0.25) is 5.91 Å². The Morgan fingerprint density at radius 2 is 1.45 bits per heavy atom. The Morgan fingerprint density at radius 3 is 1.91 bits per heavy atom. The molecule has 2 rings (SSSR count). The van der Waals surface area contributed by atoms with E-state index in [2.05, 4.69) is 26.1 Å². The summed E-state index contributed by atoms with van der Waals surface area (Å²) in [6.45, 7) is 10.5. The van der Waals surface area contributed by atoms with E-state index in [1.807, 2.05) is 24.3 Å². The molecule has 2 aromatic rings. The van der Waals surface area contributed by atoms with Crippen molar-refractivity contribution < 1.29 is 23.2 Å². The van der Waals surface area contributed by atoms with Crippen LogP contribution in [0, 0.1) is 0 Å². The number of amides is 2. The summed E-state index contributed by atoms with van der Waals surface area (Å²) in [6, 6.07) is 13.7. The minimum Gasteiger partial charge on any atom is -0.368 e. The van der Waals surface area contributed by atoms with Crippen molar-refractivity contribution in [2.45, 2.75) is 58.7 Å². The fourth-order valence-corrected chi connectivity index (χ4v) is 5.05. The molecule has 0 bridgehead atoms. The molecule has 0 aliphatic rings. The third-order valence-electron chi connectivity index (χ3n) is 5.15. The van der Waals surface area contributed by atoms with Gasteiger partial charge in [-0.1, -0.05) is 57.2 Å². The summed E-state index contributed by atoms with van der Waals surface area (Å²) in [7, 11) is -3.23. The summed E-state index contributed by atoms with van der Waals surface area (Å²) in [4.78, 5) is 24.7. The number of nitrogens with one attached hydrogen (secondary N) is 1. The van der Waals surface area contributed by atoms with Crippen molar-refractivity contribution >= 4 is 19.4 Å². The number of rotatable bonds is 11. The normalized spacial score (nSPS) is 12.9. The molecule has 0 saturated carbocycles. The van der Waals surface area contributed by atoms with E-state index in [-0.39, 0.29) is 24.8 Å². The average Bonchev–Trinajstić information content (AvgIpc) is 2.73. The van der Waals surface area contributed by atoms with Gasteiger partial charge in [-0.25, -0.2) is 0 Å². The van der Waals surface area contributed by atoms with Crippen LogP contribution in [0.2, 0.25) is 0 Å². The lowest BCUT2D eigenvalue weighted by Gasteiger charge is -2.20. The number of primary amides is 1. The summed E-state index contributed by atoms with van der Waals surface area (Å²) in [5.74, 6) is -1.01. The first kappa shape index (κ1) is 26.8. The molecule has 1 atom stereocenters. The van der Waals surface area contributed by atoms with Crippen molar-refractivity contribution in [2.24, 2.45) is 5.73 Å². The molecule has 0 unspecified atom stereocenters. The van der Waals surface area contributed by atoms with Gasteiger partial charge in [-0.3, -0.25) is 14.2 Å². The molecule has 0 radical (unpaired) electrons. The molecule has 7 nitrogen and oxygen atoms in total. The molecule has 0 heterocycles. The van der Waals surface area contributed by atoms with E-state index in [1.54, 1.807) is 38.1 Å².